The number of ether oxygens (including phenoxy) is 1. The number of nitrogens with one attached hydrogen (secondary N) is 2. The number of likely N-dealkylation sites (N-methyl/N-ethyl adjacent to an activating group) is 1. The Balaban J connectivity index is 1.45. The van der Waals surface area contributed by atoms with Gasteiger partial charge in [-0.3, -0.25) is 9.48 Å². The van der Waals surface area contributed by atoms with Gasteiger partial charge in [-0.15, -0.1) is 0 Å². The Morgan fingerprint density at radius 1 is 1.38 bits per heavy atom. The van der Waals surface area contributed by atoms with Crippen LogP contribution >= 0.6 is 0 Å². The fourth-order valence-electron chi connectivity index (χ4n) is 3.36. The second-order valence-electron chi connectivity index (χ2n) is 6.96. The van der Waals surface area contributed by atoms with E-state index in [-0.39, 0.29) is 5.91 Å². The van der Waals surface area contributed by atoms with Gasteiger partial charge in [-0.05, 0) is 13.0 Å². The third kappa shape index (κ3) is 3.98. The molecule has 0 unspecified atom stereocenters. The number of aryl methyl sites for hydroxylation is 1. The highest BCUT2D eigenvalue weighted by Crippen LogP contribution is 2.32. The predicted molar refractivity (Wildman–Crippen MR) is 110 cm³/mol. The van der Waals surface area contributed by atoms with Crippen molar-refractivity contribution in [2.75, 3.05) is 36.2 Å². The number of hydrogen-bond acceptors (Lipinski definition) is 7. The molecule has 0 saturated carbocycles. The lowest BCUT2D eigenvalue weighted by Gasteiger charge is -2.28. The monoisotopic (exact) mass is 393 g/mol. The molecule has 0 bridgehead atoms. The lowest BCUT2D eigenvalue weighted by atomic mass is 10.2. The molecule has 150 valence electrons. The maximum absolute atomic E-state index is 11.7. The summed E-state index contributed by atoms with van der Waals surface area (Å²) in [5.41, 5.74) is 4.51. The molecule has 29 heavy (non-hydrogen) atoms. The molecule has 1 amide bonds. The van der Waals surface area contributed by atoms with Gasteiger partial charge in [0.25, 0.3) is 0 Å². The van der Waals surface area contributed by atoms with Crippen molar-refractivity contribution in [3.8, 4) is 5.88 Å². The largest absolute Gasteiger partial charge is 0.481 e. The molecule has 3 aromatic rings. The van der Waals surface area contributed by atoms with Crippen molar-refractivity contribution >= 4 is 23.1 Å². The third-order valence-corrected chi connectivity index (χ3v) is 4.77. The summed E-state index contributed by atoms with van der Waals surface area (Å²) < 4.78 is 7.15. The Bertz CT molecular complexity index is 1050. The van der Waals surface area contributed by atoms with E-state index in [0.717, 1.165) is 34.0 Å². The molecule has 0 fully saturated rings. The van der Waals surface area contributed by atoms with Gasteiger partial charge in [-0.25, -0.2) is 9.97 Å². The van der Waals surface area contributed by atoms with Crippen molar-refractivity contribution in [1.82, 2.24) is 19.7 Å². The van der Waals surface area contributed by atoms with Gasteiger partial charge in [0, 0.05) is 43.2 Å². The number of amides is 1. The second-order valence-corrected chi connectivity index (χ2v) is 6.96. The summed E-state index contributed by atoms with van der Waals surface area (Å²) in [6.45, 7) is 3.40. The first-order valence-electron chi connectivity index (χ1n) is 9.29. The van der Waals surface area contributed by atoms with Crippen molar-refractivity contribution in [2.24, 2.45) is 0 Å². The summed E-state index contributed by atoms with van der Waals surface area (Å²) in [4.78, 5) is 22.4. The zero-order valence-corrected chi connectivity index (χ0v) is 16.6. The van der Waals surface area contributed by atoms with Gasteiger partial charge in [0.1, 0.15) is 5.82 Å². The van der Waals surface area contributed by atoms with E-state index in [2.05, 4.69) is 25.7 Å². The van der Waals surface area contributed by atoms with Crippen molar-refractivity contribution in [2.45, 2.75) is 20.0 Å². The highest BCUT2D eigenvalue weighted by atomic mass is 16.5. The topological polar surface area (TPSA) is 97.2 Å². The SMILES string of the molecule is COc1ncccc1Cn1cc(CNc2cc3c(c(C)n2)NC(=O)CN3C)cn1. The van der Waals surface area contributed by atoms with Crippen LogP contribution < -0.4 is 20.3 Å². The molecule has 0 atom stereocenters. The van der Waals surface area contributed by atoms with Gasteiger partial charge < -0.3 is 20.3 Å². The molecule has 4 heterocycles. The van der Waals surface area contributed by atoms with Crippen LogP contribution in [0.4, 0.5) is 17.2 Å². The highest BCUT2D eigenvalue weighted by Gasteiger charge is 2.22. The Hall–Kier alpha value is -3.62. The van der Waals surface area contributed by atoms with Gasteiger partial charge in [-0.1, -0.05) is 6.07 Å². The van der Waals surface area contributed by atoms with Gasteiger partial charge in [-0.2, -0.15) is 5.10 Å². The molecule has 0 aromatic carbocycles. The minimum atomic E-state index is -0.0248. The summed E-state index contributed by atoms with van der Waals surface area (Å²) >= 11 is 0. The zero-order valence-electron chi connectivity index (χ0n) is 16.6. The predicted octanol–water partition coefficient (Wildman–Crippen LogP) is 2.04. The normalized spacial score (nSPS) is 13.1. The standard InChI is InChI=1S/C20H23N7O2/c1-13-19-16(26(2)12-18(28)25-19)7-17(24-13)22-8-14-9-23-27(10-14)11-15-5-4-6-21-20(15)29-3/h4-7,9-10H,8,11-12H2,1-3H3,(H,22,24)(H,25,28). The number of methoxy groups -OCH3 is 1. The number of hydrogen-bond donors (Lipinski definition) is 2. The summed E-state index contributed by atoms with van der Waals surface area (Å²) in [6.07, 6.45) is 5.52. The first kappa shape index (κ1) is 18.7. The fraction of sp³-hybridized carbons (Fsp3) is 0.300. The first-order valence-corrected chi connectivity index (χ1v) is 9.29. The van der Waals surface area contributed by atoms with Crippen molar-refractivity contribution in [3.63, 3.8) is 0 Å². The van der Waals surface area contributed by atoms with Gasteiger partial charge >= 0.3 is 0 Å². The molecule has 3 aromatic heterocycles. The lowest BCUT2D eigenvalue weighted by Crippen LogP contribution is -2.36. The molecule has 4 rings (SSSR count). The number of nitrogens with zero attached hydrogens (tertiary/aromatic N) is 5. The molecule has 0 radical (unpaired) electrons. The molecule has 1 aliphatic rings. The zero-order chi connectivity index (χ0) is 20.4. The van der Waals surface area contributed by atoms with Crippen molar-refractivity contribution < 1.29 is 9.53 Å². The number of fused-ring (bicyclic) bond motifs is 1. The van der Waals surface area contributed by atoms with E-state index in [1.807, 2.05) is 54.1 Å². The average molecular weight is 393 g/mol. The fourth-order valence-corrected chi connectivity index (χ4v) is 3.36. The van der Waals surface area contributed by atoms with E-state index in [9.17, 15) is 4.79 Å². The average Bonchev–Trinajstić information content (AvgIpc) is 3.15. The smallest absolute Gasteiger partial charge is 0.243 e. The second kappa shape index (κ2) is 7.78. The van der Waals surface area contributed by atoms with Crippen molar-refractivity contribution in [1.29, 1.82) is 0 Å². The van der Waals surface area contributed by atoms with E-state index in [1.54, 1.807) is 13.3 Å². The van der Waals surface area contributed by atoms with E-state index < -0.39 is 0 Å². The van der Waals surface area contributed by atoms with Crippen LogP contribution in [0.25, 0.3) is 0 Å². The molecular formula is C20H23N7O2. The number of anilines is 3. The molecule has 9 heteroatoms. The number of pyridine rings is 2. The van der Waals surface area contributed by atoms with Crippen LogP contribution in [-0.4, -0.2) is 46.4 Å². The van der Waals surface area contributed by atoms with Crippen molar-refractivity contribution in [3.05, 3.63) is 53.6 Å². The van der Waals surface area contributed by atoms with E-state index in [4.69, 9.17) is 4.74 Å². The van der Waals surface area contributed by atoms with Crippen LogP contribution in [0.1, 0.15) is 16.8 Å². The van der Waals surface area contributed by atoms with Crippen LogP contribution in [0, 0.1) is 6.92 Å². The maximum Gasteiger partial charge on any atom is 0.243 e. The maximum atomic E-state index is 11.7. The number of carbonyl (C=O) groups is 1. The highest BCUT2D eigenvalue weighted by molar-refractivity contribution is 6.02. The molecule has 0 saturated heterocycles. The molecular weight excluding hydrogens is 370 g/mol. The summed E-state index contributed by atoms with van der Waals surface area (Å²) in [5, 5.41) is 10.7. The Morgan fingerprint density at radius 2 is 2.24 bits per heavy atom. The summed E-state index contributed by atoms with van der Waals surface area (Å²) in [5.74, 6) is 1.34. The van der Waals surface area contributed by atoms with Crippen LogP contribution in [0.3, 0.4) is 0 Å². The molecule has 0 spiro atoms. The summed E-state index contributed by atoms with van der Waals surface area (Å²) in [7, 11) is 3.51. The lowest BCUT2D eigenvalue weighted by molar-refractivity contribution is -0.115. The quantitative estimate of drug-likeness (QED) is 0.661. The Kier molecular flexibility index (Phi) is 5.03. The van der Waals surface area contributed by atoms with E-state index in [0.29, 0.717) is 25.5 Å². The molecule has 0 aliphatic carbocycles. The number of rotatable bonds is 6. The van der Waals surface area contributed by atoms with Crippen LogP contribution in [0.5, 0.6) is 5.88 Å². The minimum Gasteiger partial charge on any atom is -0.481 e. The third-order valence-electron chi connectivity index (χ3n) is 4.77. The molecule has 1 aliphatic heterocycles. The summed E-state index contributed by atoms with van der Waals surface area (Å²) in [6, 6.07) is 5.81. The number of carbonyl (C=O) groups excluding carboxylic acids is 1. The minimum absolute atomic E-state index is 0.0248. The van der Waals surface area contributed by atoms with Gasteiger partial charge in [0.15, 0.2) is 0 Å². The first-order chi connectivity index (χ1) is 14.0. The molecule has 2 N–H and O–H groups in total. The van der Waals surface area contributed by atoms with Crippen LogP contribution in [-0.2, 0) is 17.9 Å². The van der Waals surface area contributed by atoms with E-state index in [1.165, 1.54) is 0 Å². The van der Waals surface area contributed by atoms with Gasteiger partial charge in [0.2, 0.25) is 11.8 Å². The molecule has 9 nitrogen and oxygen atoms in total. The Morgan fingerprint density at radius 3 is 3.07 bits per heavy atom. The van der Waals surface area contributed by atoms with E-state index >= 15 is 0 Å². The van der Waals surface area contributed by atoms with Crippen LogP contribution in [0.2, 0.25) is 0 Å². The number of aromatic nitrogens is 4. The van der Waals surface area contributed by atoms with Crippen LogP contribution in [0.15, 0.2) is 36.8 Å². The Labute approximate surface area is 168 Å². The van der Waals surface area contributed by atoms with Gasteiger partial charge in [0.05, 0.1) is 43.5 Å².